The first-order valence-electron chi connectivity index (χ1n) is 5.20. The Morgan fingerprint density at radius 1 is 1.16 bits per heavy atom. The lowest BCUT2D eigenvalue weighted by atomic mass is 10.1. The molecule has 0 aliphatic rings. The Labute approximate surface area is 123 Å². The number of imidazole rings is 1. The van der Waals surface area contributed by atoms with Gasteiger partial charge in [-0.2, -0.15) is 13.2 Å². The van der Waals surface area contributed by atoms with E-state index in [0.717, 1.165) is 0 Å². The van der Waals surface area contributed by atoms with Gasteiger partial charge in [0.15, 0.2) is 0 Å². The summed E-state index contributed by atoms with van der Waals surface area (Å²) in [5.41, 5.74) is 0.794. The van der Waals surface area contributed by atoms with Crippen molar-refractivity contribution in [1.29, 1.82) is 0 Å². The van der Waals surface area contributed by atoms with Crippen LogP contribution in [-0.4, -0.2) is 15.3 Å². The lowest BCUT2D eigenvalue weighted by molar-refractivity contribution is -0.128. The van der Waals surface area contributed by atoms with Gasteiger partial charge in [-0.25, -0.2) is 4.79 Å². The third kappa shape index (κ3) is 2.35. The standard InChI is InChI=1S/C11H9Br2F3N2O/c1-17-7-3-5(9(13)11(14,15)16)6(12)4-8(7)18(2)10(17)19/h3-4,9H,1-2H3. The maximum atomic E-state index is 12.8. The summed E-state index contributed by atoms with van der Waals surface area (Å²) in [6.07, 6.45) is -4.40. The maximum Gasteiger partial charge on any atom is 0.405 e. The van der Waals surface area contributed by atoms with Gasteiger partial charge in [-0.3, -0.25) is 9.13 Å². The van der Waals surface area contributed by atoms with Crippen LogP contribution in [0.5, 0.6) is 0 Å². The first kappa shape index (κ1) is 14.6. The summed E-state index contributed by atoms with van der Waals surface area (Å²) in [4.78, 5) is 9.97. The van der Waals surface area contributed by atoms with Crippen LogP contribution >= 0.6 is 31.9 Å². The second-order valence-corrected chi connectivity index (χ2v) is 5.94. The zero-order chi connectivity index (χ0) is 14.5. The van der Waals surface area contributed by atoms with Gasteiger partial charge in [0, 0.05) is 18.6 Å². The molecule has 0 N–H and O–H groups in total. The summed E-state index contributed by atoms with van der Waals surface area (Å²) in [6, 6.07) is 2.89. The van der Waals surface area contributed by atoms with E-state index in [9.17, 15) is 18.0 Å². The number of nitrogens with zero attached hydrogens (tertiary/aromatic N) is 2. The molecule has 0 saturated carbocycles. The van der Waals surface area contributed by atoms with Gasteiger partial charge >= 0.3 is 11.9 Å². The molecule has 2 aromatic rings. The lowest BCUT2D eigenvalue weighted by Crippen LogP contribution is -2.19. The highest BCUT2D eigenvalue weighted by atomic mass is 79.9. The molecule has 1 heterocycles. The first-order valence-corrected chi connectivity index (χ1v) is 6.91. The number of benzene rings is 1. The normalized spacial score (nSPS) is 14.1. The second kappa shape index (κ2) is 4.66. The van der Waals surface area contributed by atoms with Crippen LogP contribution in [-0.2, 0) is 14.1 Å². The molecule has 1 aromatic carbocycles. The number of hydrogen-bond donors (Lipinski definition) is 0. The van der Waals surface area contributed by atoms with Crippen molar-refractivity contribution in [2.45, 2.75) is 11.0 Å². The van der Waals surface area contributed by atoms with Crippen LogP contribution in [0.25, 0.3) is 11.0 Å². The van der Waals surface area contributed by atoms with E-state index in [1.165, 1.54) is 28.3 Å². The molecule has 1 atom stereocenters. The molecular formula is C11H9Br2F3N2O. The summed E-state index contributed by atoms with van der Waals surface area (Å²) < 4.78 is 41.3. The average molecular weight is 402 g/mol. The van der Waals surface area contributed by atoms with E-state index in [0.29, 0.717) is 15.5 Å². The Morgan fingerprint density at radius 3 is 2.11 bits per heavy atom. The van der Waals surface area contributed by atoms with Gasteiger partial charge in [-0.05, 0) is 17.7 Å². The van der Waals surface area contributed by atoms with E-state index < -0.39 is 11.0 Å². The highest BCUT2D eigenvalue weighted by Crippen LogP contribution is 2.43. The average Bonchev–Trinajstić information content (AvgIpc) is 2.52. The monoisotopic (exact) mass is 400 g/mol. The molecular weight excluding hydrogens is 393 g/mol. The fraction of sp³-hybridized carbons (Fsp3) is 0.364. The van der Waals surface area contributed by atoms with Gasteiger partial charge < -0.3 is 0 Å². The Balaban J connectivity index is 2.76. The van der Waals surface area contributed by atoms with Crippen molar-refractivity contribution in [3.8, 4) is 0 Å². The first-order chi connectivity index (χ1) is 8.64. The highest BCUT2D eigenvalue weighted by Gasteiger charge is 2.40. The number of alkyl halides is 4. The highest BCUT2D eigenvalue weighted by molar-refractivity contribution is 9.11. The third-order valence-corrected chi connectivity index (χ3v) is 4.65. The van der Waals surface area contributed by atoms with Gasteiger partial charge in [0.2, 0.25) is 0 Å². The quantitative estimate of drug-likeness (QED) is 0.670. The predicted molar refractivity (Wildman–Crippen MR) is 73.6 cm³/mol. The van der Waals surface area contributed by atoms with Crippen LogP contribution in [0.4, 0.5) is 13.2 Å². The molecule has 0 radical (unpaired) electrons. The minimum absolute atomic E-state index is 0.0428. The SMILES string of the molecule is Cn1c(=O)n(C)c2cc(C(Br)C(F)(F)F)c(Br)cc21. The minimum atomic E-state index is -4.40. The van der Waals surface area contributed by atoms with Crippen molar-refractivity contribution in [3.63, 3.8) is 0 Å². The van der Waals surface area contributed by atoms with Gasteiger partial charge in [0.1, 0.15) is 4.83 Å². The predicted octanol–water partition coefficient (Wildman–Crippen LogP) is 3.64. The Kier molecular flexibility index (Phi) is 3.59. The Hall–Kier alpha value is -0.760. The zero-order valence-corrected chi connectivity index (χ0v) is 13.1. The van der Waals surface area contributed by atoms with E-state index >= 15 is 0 Å². The number of halogens is 5. The van der Waals surface area contributed by atoms with Crippen molar-refractivity contribution in [2.75, 3.05) is 0 Å². The van der Waals surface area contributed by atoms with Gasteiger partial charge in [-0.15, -0.1) is 0 Å². The molecule has 1 aromatic heterocycles. The summed E-state index contributed by atoms with van der Waals surface area (Å²) in [7, 11) is 3.10. The van der Waals surface area contributed by atoms with E-state index in [-0.39, 0.29) is 11.3 Å². The van der Waals surface area contributed by atoms with Crippen molar-refractivity contribution in [3.05, 3.63) is 32.7 Å². The Morgan fingerprint density at radius 2 is 1.63 bits per heavy atom. The van der Waals surface area contributed by atoms with Gasteiger partial charge in [0.25, 0.3) is 0 Å². The fourth-order valence-corrected chi connectivity index (χ4v) is 3.15. The second-order valence-electron chi connectivity index (χ2n) is 4.17. The van der Waals surface area contributed by atoms with E-state index in [4.69, 9.17) is 0 Å². The molecule has 8 heteroatoms. The summed E-state index contributed by atoms with van der Waals surface area (Å²) in [5, 5.41) is 0. The van der Waals surface area contributed by atoms with Crippen molar-refractivity contribution < 1.29 is 13.2 Å². The molecule has 0 amide bonds. The van der Waals surface area contributed by atoms with Crippen molar-refractivity contribution in [1.82, 2.24) is 9.13 Å². The Bertz CT molecular complexity index is 702. The molecule has 0 spiro atoms. The van der Waals surface area contributed by atoms with Crippen LogP contribution in [0.2, 0.25) is 0 Å². The summed E-state index contributed by atoms with van der Waals surface area (Å²) >= 11 is 5.77. The zero-order valence-electron chi connectivity index (χ0n) is 9.92. The van der Waals surface area contributed by atoms with Crippen LogP contribution in [0, 0.1) is 0 Å². The molecule has 2 rings (SSSR count). The maximum absolute atomic E-state index is 12.8. The van der Waals surface area contributed by atoms with Gasteiger partial charge in [-0.1, -0.05) is 31.9 Å². The molecule has 0 bridgehead atoms. The fourth-order valence-electron chi connectivity index (χ4n) is 1.91. The van der Waals surface area contributed by atoms with Crippen molar-refractivity contribution >= 4 is 42.9 Å². The number of aromatic nitrogens is 2. The van der Waals surface area contributed by atoms with E-state index in [1.807, 2.05) is 0 Å². The molecule has 0 saturated heterocycles. The minimum Gasteiger partial charge on any atom is -0.295 e. The summed E-state index contributed by atoms with van der Waals surface area (Å²) in [5.74, 6) is 0. The van der Waals surface area contributed by atoms with Crippen LogP contribution in [0.15, 0.2) is 21.4 Å². The summed E-state index contributed by atoms with van der Waals surface area (Å²) in [6.45, 7) is 0. The molecule has 0 fully saturated rings. The number of aryl methyl sites for hydroxylation is 2. The van der Waals surface area contributed by atoms with Gasteiger partial charge in [0.05, 0.1) is 11.0 Å². The van der Waals surface area contributed by atoms with Crippen LogP contribution in [0.1, 0.15) is 10.4 Å². The smallest absolute Gasteiger partial charge is 0.295 e. The molecule has 0 aliphatic carbocycles. The van der Waals surface area contributed by atoms with E-state index in [1.54, 1.807) is 7.05 Å². The molecule has 3 nitrogen and oxygen atoms in total. The topological polar surface area (TPSA) is 26.9 Å². The number of fused-ring (bicyclic) bond motifs is 1. The number of hydrogen-bond acceptors (Lipinski definition) is 1. The molecule has 1 unspecified atom stereocenters. The van der Waals surface area contributed by atoms with Crippen LogP contribution < -0.4 is 5.69 Å². The largest absolute Gasteiger partial charge is 0.405 e. The molecule has 104 valence electrons. The number of rotatable bonds is 1. The lowest BCUT2D eigenvalue weighted by Gasteiger charge is -2.16. The van der Waals surface area contributed by atoms with Crippen molar-refractivity contribution in [2.24, 2.45) is 14.1 Å². The molecule has 0 aliphatic heterocycles. The van der Waals surface area contributed by atoms with Crippen LogP contribution in [0.3, 0.4) is 0 Å². The van der Waals surface area contributed by atoms with E-state index in [2.05, 4.69) is 31.9 Å². The molecule has 19 heavy (non-hydrogen) atoms. The third-order valence-electron chi connectivity index (χ3n) is 2.95.